The number of rotatable bonds is 4. The van der Waals surface area contributed by atoms with Crippen molar-refractivity contribution < 1.29 is 25.8 Å². The van der Waals surface area contributed by atoms with E-state index in [1.54, 1.807) is 0 Å². The summed E-state index contributed by atoms with van der Waals surface area (Å²) >= 11 is 0. The summed E-state index contributed by atoms with van der Waals surface area (Å²) in [4.78, 5) is 9.50. The second-order valence-electron chi connectivity index (χ2n) is 9.15. The van der Waals surface area contributed by atoms with Crippen LogP contribution >= 0.6 is 0 Å². The molecule has 5 heteroatoms. The number of nitrogens with zero attached hydrogens (tertiary/aromatic N) is 3. The van der Waals surface area contributed by atoms with Crippen LogP contribution in [0.5, 0.6) is 11.5 Å². The standard InChI is InChI=1S/C33H22N3O.Pt/c1-22-17-18-34-33(19-22)36-31-12-5-3-10-27(31)28-15-14-26(21-32(28)36)37-25-9-6-8-24(20-25)30-16-13-23-7-2-4-11-29(23)35-30;/h2-20H,1H3;/q-1;. The van der Waals surface area contributed by atoms with E-state index in [4.69, 9.17) is 9.72 Å². The number of ether oxygens (including phenoxy) is 1. The van der Waals surface area contributed by atoms with Crippen molar-refractivity contribution in [3.05, 3.63) is 127 Å². The summed E-state index contributed by atoms with van der Waals surface area (Å²) in [6.07, 6.45) is 1.85. The first-order chi connectivity index (χ1) is 18.2. The van der Waals surface area contributed by atoms with Crippen molar-refractivity contribution in [3.63, 3.8) is 0 Å². The molecular weight excluding hydrogens is 649 g/mol. The Bertz CT molecular complexity index is 1940. The maximum Gasteiger partial charge on any atom is 0.135 e. The van der Waals surface area contributed by atoms with E-state index in [1.165, 1.54) is 0 Å². The van der Waals surface area contributed by atoms with E-state index < -0.39 is 0 Å². The van der Waals surface area contributed by atoms with Gasteiger partial charge in [0.25, 0.3) is 0 Å². The zero-order chi connectivity index (χ0) is 24.8. The zero-order valence-corrected chi connectivity index (χ0v) is 22.8. The van der Waals surface area contributed by atoms with Crippen molar-refractivity contribution in [2.24, 2.45) is 0 Å². The van der Waals surface area contributed by atoms with Gasteiger partial charge >= 0.3 is 0 Å². The summed E-state index contributed by atoms with van der Waals surface area (Å²) in [5.41, 5.74) is 6.07. The SMILES string of the molecule is Cc1ccnc(-n2c3[c-]c(Oc4cccc(-c5ccc6ccccc6n5)c4)ccc3c3ccccc32)c1.[Pt]. The summed E-state index contributed by atoms with van der Waals surface area (Å²) < 4.78 is 8.48. The Morgan fingerprint density at radius 3 is 2.55 bits per heavy atom. The Morgan fingerprint density at radius 1 is 0.763 bits per heavy atom. The number of aromatic nitrogens is 3. The number of fused-ring (bicyclic) bond motifs is 4. The van der Waals surface area contributed by atoms with E-state index >= 15 is 0 Å². The third-order valence-corrected chi connectivity index (χ3v) is 6.64. The zero-order valence-electron chi connectivity index (χ0n) is 20.5. The van der Waals surface area contributed by atoms with Gasteiger partial charge in [-0.25, -0.2) is 9.97 Å². The van der Waals surface area contributed by atoms with Gasteiger partial charge in [0.2, 0.25) is 0 Å². The molecule has 0 aliphatic rings. The molecule has 0 radical (unpaired) electrons. The second kappa shape index (κ2) is 9.89. The summed E-state index contributed by atoms with van der Waals surface area (Å²) in [6.45, 7) is 2.08. The third kappa shape index (κ3) is 4.27. The normalized spacial score (nSPS) is 11.1. The fourth-order valence-corrected chi connectivity index (χ4v) is 4.89. The van der Waals surface area contributed by atoms with Gasteiger partial charge in [-0.05, 0) is 60.3 Å². The molecule has 0 saturated heterocycles. The molecule has 0 bridgehead atoms. The quantitative estimate of drug-likeness (QED) is 0.177. The Hall–Kier alpha value is -4.27. The van der Waals surface area contributed by atoms with Gasteiger partial charge in [0.05, 0.1) is 11.2 Å². The summed E-state index contributed by atoms with van der Waals surface area (Å²) in [6, 6.07) is 40.4. The van der Waals surface area contributed by atoms with Crippen LogP contribution in [0.3, 0.4) is 0 Å². The Labute approximate surface area is 234 Å². The topological polar surface area (TPSA) is 39.9 Å². The maximum atomic E-state index is 6.33. The predicted octanol–water partition coefficient (Wildman–Crippen LogP) is 8.29. The minimum absolute atomic E-state index is 0. The van der Waals surface area contributed by atoms with Crippen LogP contribution in [0, 0.1) is 13.0 Å². The molecule has 0 fully saturated rings. The third-order valence-electron chi connectivity index (χ3n) is 6.64. The molecule has 0 amide bonds. The van der Waals surface area contributed by atoms with E-state index in [-0.39, 0.29) is 21.1 Å². The van der Waals surface area contributed by atoms with E-state index in [9.17, 15) is 0 Å². The molecule has 38 heavy (non-hydrogen) atoms. The van der Waals surface area contributed by atoms with Gasteiger partial charge < -0.3 is 9.30 Å². The van der Waals surface area contributed by atoms with Crippen LogP contribution in [0.2, 0.25) is 0 Å². The summed E-state index contributed by atoms with van der Waals surface area (Å²) in [7, 11) is 0. The van der Waals surface area contributed by atoms with Gasteiger partial charge in [0.15, 0.2) is 0 Å². The first-order valence-corrected chi connectivity index (χ1v) is 12.3. The van der Waals surface area contributed by atoms with Crippen LogP contribution < -0.4 is 4.74 Å². The molecular formula is C33H22N3OPt-. The van der Waals surface area contributed by atoms with E-state index in [1.807, 2.05) is 60.8 Å². The summed E-state index contributed by atoms with van der Waals surface area (Å²) in [5, 5.41) is 3.40. The number of hydrogen-bond donors (Lipinski definition) is 0. The minimum atomic E-state index is 0. The van der Waals surface area contributed by atoms with Crippen molar-refractivity contribution in [1.29, 1.82) is 0 Å². The molecule has 7 rings (SSSR count). The Kier molecular flexibility index (Phi) is 6.27. The monoisotopic (exact) mass is 671 g/mol. The maximum absolute atomic E-state index is 6.33. The molecule has 4 aromatic carbocycles. The molecule has 0 aliphatic heterocycles. The van der Waals surface area contributed by atoms with Gasteiger partial charge in [-0.2, -0.15) is 6.07 Å². The van der Waals surface area contributed by atoms with Gasteiger partial charge in [0.1, 0.15) is 11.6 Å². The molecule has 3 heterocycles. The van der Waals surface area contributed by atoms with Crippen LogP contribution in [0.25, 0.3) is 49.8 Å². The molecule has 0 unspecified atom stereocenters. The van der Waals surface area contributed by atoms with Gasteiger partial charge in [-0.1, -0.05) is 60.1 Å². The van der Waals surface area contributed by atoms with Crippen molar-refractivity contribution in [3.8, 4) is 28.6 Å². The molecule has 3 aromatic heterocycles. The number of para-hydroxylation sites is 2. The first kappa shape index (κ1) is 24.1. The van der Waals surface area contributed by atoms with Gasteiger partial charge in [0, 0.05) is 49.5 Å². The molecule has 186 valence electrons. The Balaban J connectivity index is 0.00000264. The fourth-order valence-electron chi connectivity index (χ4n) is 4.89. The van der Waals surface area contributed by atoms with Gasteiger partial charge in [-0.15, -0.1) is 17.5 Å². The van der Waals surface area contributed by atoms with Gasteiger partial charge in [-0.3, -0.25) is 0 Å². The molecule has 7 aromatic rings. The number of pyridine rings is 2. The molecule has 4 nitrogen and oxygen atoms in total. The first-order valence-electron chi connectivity index (χ1n) is 12.3. The summed E-state index contributed by atoms with van der Waals surface area (Å²) in [5.74, 6) is 2.25. The number of aryl methyl sites for hydroxylation is 1. The van der Waals surface area contributed by atoms with Crippen molar-refractivity contribution in [2.45, 2.75) is 6.92 Å². The van der Waals surface area contributed by atoms with Crippen LogP contribution in [0.4, 0.5) is 0 Å². The molecule has 0 aliphatic carbocycles. The van der Waals surface area contributed by atoms with Crippen molar-refractivity contribution in [2.75, 3.05) is 0 Å². The number of hydrogen-bond acceptors (Lipinski definition) is 3. The number of benzene rings is 4. The molecule has 0 N–H and O–H groups in total. The predicted molar refractivity (Wildman–Crippen MR) is 149 cm³/mol. The second-order valence-corrected chi connectivity index (χ2v) is 9.15. The van der Waals surface area contributed by atoms with E-state index in [0.29, 0.717) is 5.75 Å². The average molecular weight is 672 g/mol. The smallest absolute Gasteiger partial charge is 0.135 e. The van der Waals surface area contributed by atoms with Crippen molar-refractivity contribution in [1.82, 2.24) is 14.5 Å². The molecule has 0 atom stereocenters. The molecule has 0 saturated carbocycles. The Morgan fingerprint density at radius 2 is 1.63 bits per heavy atom. The van der Waals surface area contributed by atoms with Crippen LogP contribution in [0.1, 0.15) is 5.56 Å². The van der Waals surface area contributed by atoms with Crippen LogP contribution in [-0.2, 0) is 21.1 Å². The molecule has 0 spiro atoms. The van der Waals surface area contributed by atoms with E-state index in [2.05, 4.69) is 77.1 Å². The van der Waals surface area contributed by atoms with Crippen LogP contribution in [0.15, 0.2) is 115 Å². The van der Waals surface area contributed by atoms with E-state index in [0.717, 1.165) is 61.1 Å². The fraction of sp³-hybridized carbons (Fsp3) is 0.0303. The van der Waals surface area contributed by atoms with Crippen LogP contribution in [-0.4, -0.2) is 14.5 Å². The largest absolute Gasteiger partial charge is 0.483 e. The minimum Gasteiger partial charge on any atom is -0.483 e. The van der Waals surface area contributed by atoms with Crippen molar-refractivity contribution >= 4 is 32.7 Å². The average Bonchev–Trinajstić information content (AvgIpc) is 3.26.